The molecule has 0 saturated carbocycles. The lowest BCUT2D eigenvalue weighted by Gasteiger charge is -2.21. The number of piperidine rings is 1. The standard InChI is InChI=1S/C12H17N3O/c16-12(9-10-4-7-13-8-5-10)15-11-3-1-2-6-14-11/h1-3,6,10,13H,4-5,7-9H2,(H,14,15,16). The van der Waals surface area contributed by atoms with E-state index in [0.717, 1.165) is 25.9 Å². The fourth-order valence-corrected chi connectivity index (χ4v) is 1.98. The van der Waals surface area contributed by atoms with Crippen LogP contribution >= 0.6 is 0 Å². The largest absolute Gasteiger partial charge is 0.317 e. The fourth-order valence-electron chi connectivity index (χ4n) is 1.98. The van der Waals surface area contributed by atoms with E-state index in [1.54, 1.807) is 12.3 Å². The van der Waals surface area contributed by atoms with Crippen LogP contribution in [0.3, 0.4) is 0 Å². The number of carbonyl (C=O) groups excluding carboxylic acids is 1. The minimum Gasteiger partial charge on any atom is -0.317 e. The van der Waals surface area contributed by atoms with Gasteiger partial charge in [-0.1, -0.05) is 6.07 Å². The molecular formula is C12H17N3O. The Morgan fingerprint density at radius 1 is 1.44 bits per heavy atom. The van der Waals surface area contributed by atoms with Gasteiger partial charge < -0.3 is 10.6 Å². The van der Waals surface area contributed by atoms with Crippen molar-refractivity contribution in [2.24, 2.45) is 5.92 Å². The van der Waals surface area contributed by atoms with Crippen LogP contribution in [0.4, 0.5) is 5.82 Å². The Morgan fingerprint density at radius 2 is 2.25 bits per heavy atom. The molecule has 1 aliphatic rings. The predicted molar refractivity (Wildman–Crippen MR) is 63.1 cm³/mol. The van der Waals surface area contributed by atoms with Crippen LogP contribution in [0.5, 0.6) is 0 Å². The van der Waals surface area contributed by atoms with Crippen LogP contribution in [0.15, 0.2) is 24.4 Å². The van der Waals surface area contributed by atoms with Crippen molar-refractivity contribution in [3.8, 4) is 0 Å². The monoisotopic (exact) mass is 219 g/mol. The summed E-state index contributed by atoms with van der Waals surface area (Å²) in [7, 11) is 0. The third-order valence-electron chi connectivity index (χ3n) is 2.87. The Balaban J connectivity index is 1.80. The molecule has 1 saturated heterocycles. The second-order valence-corrected chi connectivity index (χ2v) is 4.16. The van der Waals surface area contributed by atoms with Gasteiger partial charge in [-0.05, 0) is 44.0 Å². The number of aromatic nitrogens is 1. The summed E-state index contributed by atoms with van der Waals surface area (Å²) in [5.74, 6) is 1.23. The second-order valence-electron chi connectivity index (χ2n) is 4.16. The molecule has 1 amide bonds. The van der Waals surface area contributed by atoms with Crippen LogP contribution in [0.1, 0.15) is 19.3 Å². The summed E-state index contributed by atoms with van der Waals surface area (Å²) in [6.07, 6.45) is 4.48. The molecule has 2 N–H and O–H groups in total. The molecule has 1 aliphatic heterocycles. The van der Waals surface area contributed by atoms with Gasteiger partial charge >= 0.3 is 0 Å². The van der Waals surface area contributed by atoms with Gasteiger partial charge in [-0.3, -0.25) is 4.79 Å². The number of hydrogen-bond donors (Lipinski definition) is 2. The van der Waals surface area contributed by atoms with Gasteiger partial charge in [0.15, 0.2) is 0 Å². The molecule has 1 fully saturated rings. The van der Waals surface area contributed by atoms with Gasteiger partial charge in [-0.25, -0.2) is 4.98 Å². The van der Waals surface area contributed by atoms with Gasteiger partial charge in [-0.2, -0.15) is 0 Å². The highest BCUT2D eigenvalue weighted by Crippen LogP contribution is 2.16. The van der Waals surface area contributed by atoms with Gasteiger partial charge in [0.1, 0.15) is 5.82 Å². The molecule has 0 atom stereocenters. The molecule has 4 nitrogen and oxygen atoms in total. The third-order valence-corrected chi connectivity index (χ3v) is 2.87. The van der Waals surface area contributed by atoms with E-state index >= 15 is 0 Å². The van der Waals surface area contributed by atoms with Crippen molar-refractivity contribution in [3.05, 3.63) is 24.4 Å². The average molecular weight is 219 g/mol. The quantitative estimate of drug-likeness (QED) is 0.808. The first-order chi connectivity index (χ1) is 7.84. The van der Waals surface area contributed by atoms with Crippen molar-refractivity contribution in [1.82, 2.24) is 10.3 Å². The van der Waals surface area contributed by atoms with E-state index in [-0.39, 0.29) is 5.91 Å². The Hall–Kier alpha value is -1.42. The zero-order chi connectivity index (χ0) is 11.2. The molecule has 0 unspecified atom stereocenters. The zero-order valence-electron chi connectivity index (χ0n) is 9.28. The second kappa shape index (κ2) is 5.61. The first-order valence-corrected chi connectivity index (χ1v) is 5.76. The Kier molecular flexibility index (Phi) is 3.88. The average Bonchev–Trinajstić information content (AvgIpc) is 2.31. The van der Waals surface area contributed by atoms with Gasteiger partial charge in [-0.15, -0.1) is 0 Å². The molecule has 0 bridgehead atoms. The zero-order valence-corrected chi connectivity index (χ0v) is 9.28. The highest BCUT2D eigenvalue weighted by atomic mass is 16.1. The number of hydrogen-bond acceptors (Lipinski definition) is 3. The van der Waals surface area contributed by atoms with E-state index in [1.165, 1.54) is 0 Å². The van der Waals surface area contributed by atoms with E-state index in [1.807, 2.05) is 12.1 Å². The number of anilines is 1. The lowest BCUT2D eigenvalue weighted by molar-refractivity contribution is -0.117. The highest BCUT2D eigenvalue weighted by molar-refractivity contribution is 5.89. The summed E-state index contributed by atoms with van der Waals surface area (Å²) in [6, 6.07) is 5.51. The molecule has 0 aliphatic carbocycles. The minimum absolute atomic E-state index is 0.0746. The van der Waals surface area contributed by atoms with Gasteiger partial charge in [0, 0.05) is 12.6 Å². The van der Waals surface area contributed by atoms with E-state index < -0.39 is 0 Å². The molecule has 4 heteroatoms. The first kappa shape index (κ1) is 11.1. The molecule has 1 aromatic rings. The molecule has 16 heavy (non-hydrogen) atoms. The van der Waals surface area contributed by atoms with E-state index in [9.17, 15) is 4.79 Å². The van der Waals surface area contributed by atoms with Crippen LogP contribution in [0.2, 0.25) is 0 Å². The maximum Gasteiger partial charge on any atom is 0.225 e. The number of nitrogens with zero attached hydrogens (tertiary/aromatic N) is 1. The maximum atomic E-state index is 11.7. The Bertz CT molecular complexity index is 333. The molecule has 2 heterocycles. The smallest absolute Gasteiger partial charge is 0.225 e. The van der Waals surface area contributed by atoms with Crippen LogP contribution < -0.4 is 10.6 Å². The number of nitrogens with one attached hydrogen (secondary N) is 2. The number of carbonyl (C=O) groups is 1. The molecule has 0 radical (unpaired) electrons. The third kappa shape index (κ3) is 3.31. The molecule has 2 rings (SSSR count). The first-order valence-electron chi connectivity index (χ1n) is 5.76. The Labute approximate surface area is 95.5 Å². The van der Waals surface area contributed by atoms with Crippen LogP contribution in [0.25, 0.3) is 0 Å². The summed E-state index contributed by atoms with van der Waals surface area (Å²) in [4.78, 5) is 15.8. The summed E-state index contributed by atoms with van der Waals surface area (Å²) < 4.78 is 0. The van der Waals surface area contributed by atoms with Gasteiger partial charge in [0.05, 0.1) is 0 Å². The number of pyridine rings is 1. The topological polar surface area (TPSA) is 54.0 Å². The lowest BCUT2D eigenvalue weighted by Crippen LogP contribution is -2.30. The van der Waals surface area contributed by atoms with E-state index in [2.05, 4.69) is 15.6 Å². The molecule has 1 aromatic heterocycles. The summed E-state index contributed by atoms with van der Waals surface area (Å²) in [5.41, 5.74) is 0. The van der Waals surface area contributed by atoms with Crippen molar-refractivity contribution in [2.75, 3.05) is 18.4 Å². The predicted octanol–water partition coefficient (Wildman–Crippen LogP) is 1.41. The maximum absolute atomic E-state index is 11.7. The van der Waals surface area contributed by atoms with Crippen molar-refractivity contribution in [3.63, 3.8) is 0 Å². The normalized spacial score (nSPS) is 17.0. The van der Waals surface area contributed by atoms with Crippen molar-refractivity contribution >= 4 is 11.7 Å². The van der Waals surface area contributed by atoms with Gasteiger partial charge in [0.25, 0.3) is 0 Å². The van der Waals surface area contributed by atoms with E-state index in [0.29, 0.717) is 18.2 Å². The SMILES string of the molecule is O=C(CC1CCNCC1)Nc1ccccn1. The summed E-state index contributed by atoms with van der Waals surface area (Å²) >= 11 is 0. The van der Waals surface area contributed by atoms with Crippen molar-refractivity contribution in [2.45, 2.75) is 19.3 Å². The molecule has 0 aromatic carbocycles. The lowest BCUT2D eigenvalue weighted by atomic mass is 9.94. The van der Waals surface area contributed by atoms with Crippen LogP contribution in [0, 0.1) is 5.92 Å². The molecular weight excluding hydrogens is 202 g/mol. The number of rotatable bonds is 3. The molecule has 86 valence electrons. The van der Waals surface area contributed by atoms with Gasteiger partial charge in [0.2, 0.25) is 5.91 Å². The Morgan fingerprint density at radius 3 is 2.94 bits per heavy atom. The minimum atomic E-state index is 0.0746. The number of amides is 1. The summed E-state index contributed by atoms with van der Waals surface area (Å²) in [5, 5.41) is 6.11. The van der Waals surface area contributed by atoms with Crippen LogP contribution in [-0.4, -0.2) is 24.0 Å². The van der Waals surface area contributed by atoms with Crippen molar-refractivity contribution in [1.29, 1.82) is 0 Å². The highest BCUT2D eigenvalue weighted by Gasteiger charge is 2.16. The fraction of sp³-hybridized carbons (Fsp3) is 0.500. The molecule has 0 spiro atoms. The van der Waals surface area contributed by atoms with E-state index in [4.69, 9.17) is 0 Å². The van der Waals surface area contributed by atoms with Crippen LogP contribution in [-0.2, 0) is 4.79 Å². The van der Waals surface area contributed by atoms with Crippen molar-refractivity contribution < 1.29 is 4.79 Å². The summed E-state index contributed by atoms with van der Waals surface area (Å²) in [6.45, 7) is 2.06.